The third kappa shape index (κ3) is 1.59. The Labute approximate surface area is 80.9 Å². The predicted molar refractivity (Wildman–Crippen MR) is 55.7 cm³/mol. The lowest BCUT2D eigenvalue weighted by atomic mass is 10.2. The lowest BCUT2D eigenvalue weighted by Gasteiger charge is -2.05. The number of rotatable bonds is 1. The second kappa shape index (κ2) is 3.41. The van der Waals surface area contributed by atoms with Gasteiger partial charge in [0.25, 0.3) is 0 Å². The van der Waals surface area contributed by atoms with Crippen molar-refractivity contribution in [3.05, 3.63) is 35.5 Å². The van der Waals surface area contributed by atoms with E-state index in [9.17, 15) is 0 Å². The summed E-state index contributed by atoms with van der Waals surface area (Å²) < 4.78 is 0.188. The Kier molecular flexibility index (Phi) is 2.28. The van der Waals surface area contributed by atoms with Crippen molar-refractivity contribution in [2.75, 3.05) is 0 Å². The first kappa shape index (κ1) is 8.01. The Hall–Kier alpha value is -0.610. The number of nitrogens with zero attached hydrogens (tertiary/aromatic N) is 1. The maximum absolute atomic E-state index is 4.29. The molecular formula is C8H8N2S2. The summed E-state index contributed by atoms with van der Waals surface area (Å²) in [5.41, 5.74) is 2.29. The second-order valence-corrected chi connectivity index (χ2v) is 4.25. The zero-order valence-electron chi connectivity index (χ0n) is 6.27. The van der Waals surface area contributed by atoms with Gasteiger partial charge in [0.15, 0.2) is 0 Å². The molecule has 12 heavy (non-hydrogen) atoms. The van der Waals surface area contributed by atoms with Crippen molar-refractivity contribution in [2.24, 2.45) is 0 Å². The molecule has 0 saturated carbocycles. The third-order valence-corrected chi connectivity index (χ3v) is 2.83. The van der Waals surface area contributed by atoms with Gasteiger partial charge in [-0.3, -0.25) is 4.98 Å². The largest absolute Gasteiger partial charge is 0.364 e. The first-order valence-electron chi connectivity index (χ1n) is 3.57. The average molecular weight is 196 g/mol. The van der Waals surface area contributed by atoms with Crippen LogP contribution < -0.4 is 5.32 Å². The molecule has 4 heteroatoms. The molecule has 0 aromatic carbocycles. The first-order valence-corrected chi connectivity index (χ1v) is 5.03. The van der Waals surface area contributed by atoms with Gasteiger partial charge in [0, 0.05) is 23.7 Å². The van der Waals surface area contributed by atoms with E-state index in [1.165, 1.54) is 0 Å². The van der Waals surface area contributed by atoms with Crippen molar-refractivity contribution < 1.29 is 0 Å². The van der Waals surface area contributed by atoms with Gasteiger partial charge in [0.2, 0.25) is 0 Å². The summed E-state index contributed by atoms with van der Waals surface area (Å²) in [5.74, 6) is 0. The standard InChI is InChI=1S/C8H8N2S2/c11-8-10-7(5-12-8)6-1-3-9-4-2-6/h1-5,8,10-11H. The van der Waals surface area contributed by atoms with E-state index in [1.807, 2.05) is 12.1 Å². The van der Waals surface area contributed by atoms with Crippen LogP contribution in [0.3, 0.4) is 0 Å². The second-order valence-electron chi connectivity index (χ2n) is 2.40. The van der Waals surface area contributed by atoms with Gasteiger partial charge >= 0.3 is 0 Å². The summed E-state index contributed by atoms with van der Waals surface area (Å²) >= 11 is 5.96. The molecule has 0 saturated heterocycles. The van der Waals surface area contributed by atoms with Gasteiger partial charge in [-0.05, 0) is 17.5 Å². The van der Waals surface area contributed by atoms with Crippen LogP contribution >= 0.6 is 24.4 Å². The molecule has 0 bridgehead atoms. The molecule has 0 spiro atoms. The van der Waals surface area contributed by atoms with E-state index in [0.29, 0.717) is 0 Å². The minimum absolute atomic E-state index is 0.188. The van der Waals surface area contributed by atoms with Crippen LogP contribution in [0, 0.1) is 0 Å². The van der Waals surface area contributed by atoms with E-state index < -0.39 is 0 Å². The van der Waals surface area contributed by atoms with Crippen LogP contribution in [0.2, 0.25) is 0 Å². The van der Waals surface area contributed by atoms with Gasteiger partial charge in [0.05, 0.1) is 0 Å². The number of pyridine rings is 1. The first-order chi connectivity index (χ1) is 5.86. The van der Waals surface area contributed by atoms with Crippen LogP contribution in [0.25, 0.3) is 5.70 Å². The van der Waals surface area contributed by atoms with E-state index >= 15 is 0 Å². The molecule has 1 N–H and O–H groups in total. The molecule has 1 aromatic heterocycles. The number of hydrogen-bond donors (Lipinski definition) is 2. The summed E-state index contributed by atoms with van der Waals surface area (Å²) in [4.78, 5) is 3.95. The smallest absolute Gasteiger partial charge is 0.121 e. The number of thioether (sulfide) groups is 1. The summed E-state index contributed by atoms with van der Waals surface area (Å²) in [7, 11) is 0. The highest BCUT2D eigenvalue weighted by Crippen LogP contribution is 2.28. The lowest BCUT2D eigenvalue weighted by Crippen LogP contribution is -2.12. The Morgan fingerprint density at radius 2 is 2.17 bits per heavy atom. The molecule has 2 nitrogen and oxygen atoms in total. The summed E-state index contributed by atoms with van der Waals surface area (Å²) in [6.45, 7) is 0. The Bertz CT molecular complexity index is 297. The monoisotopic (exact) mass is 196 g/mol. The topological polar surface area (TPSA) is 24.9 Å². The molecular weight excluding hydrogens is 188 g/mol. The molecule has 0 aliphatic carbocycles. The molecule has 1 atom stereocenters. The van der Waals surface area contributed by atoms with Crippen molar-refractivity contribution in [2.45, 2.75) is 4.71 Å². The summed E-state index contributed by atoms with van der Waals surface area (Å²) in [6.07, 6.45) is 3.57. The lowest BCUT2D eigenvalue weighted by molar-refractivity contribution is 1.06. The minimum atomic E-state index is 0.188. The summed E-state index contributed by atoms with van der Waals surface area (Å²) in [6, 6.07) is 3.95. The van der Waals surface area contributed by atoms with Gasteiger partial charge in [-0.25, -0.2) is 0 Å². The molecule has 2 rings (SSSR count). The van der Waals surface area contributed by atoms with Crippen molar-refractivity contribution in [1.29, 1.82) is 0 Å². The van der Waals surface area contributed by atoms with Gasteiger partial charge in [0.1, 0.15) is 4.71 Å². The van der Waals surface area contributed by atoms with Gasteiger partial charge in [-0.15, -0.1) is 12.6 Å². The highest BCUT2D eigenvalue weighted by Gasteiger charge is 2.12. The number of hydrogen-bond acceptors (Lipinski definition) is 4. The fourth-order valence-corrected chi connectivity index (χ4v) is 2.00. The van der Waals surface area contributed by atoms with E-state index in [-0.39, 0.29) is 4.71 Å². The van der Waals surface area contributed by atoms with Crippen LogP contribution in [0.5, 0.6) is 0 Å². The van der Waals surface area contributed by atoms with Crippen molar-refractivity contribution in [3.8, 4) is 0 Å². The molecule has 1 aliphatic rings. The molecule has 1 unspecified atom stereocenters. The molecule has 2 heterocycles. The molecule has 0 amide bonds. The number of thiol groups is 1. The Morgan fingerprint density at radius 1 is 1.42 bits per heavy atom. The van der Waals surface area contributed by atoms with Gasteiger partial charge in [-0.2, -0.15) is 0 Å². The van der Waals surface area contributed by atoms with Crippen LogP contribution in [0.15, 0.2) is 29.9 Å². The van der Waals surface area contributed by atoms with Gasteiger partial charge in [-0.1, -0.05) is 11.8 Å². The SMILES string of the molecule is SC1NC(c2ccncc2)=CS1. The van der Waals surface area contributed by atoms with Crippen LogP contribution in [-0.2, 0) is 0 Å². The van der Waals surface area contributed by atoms with E-state index in [2.05, 4.69) is 28.3 Å². The highest BCUT2D eigenvalue weighted by molar-refractivity contribution is 8.12. The van der Waals surface area contributed by atoms with Crippen molar-refractivity contribution >= 4 is 30.1 Å². The zero-order valence-corrected chi connectivity index (χ0v) is 7.98. The van der Waals surface area contributed by atoms with Crippen molar-refractivity contribution in [3.63, 3.8) is 0 Å². The predicted octanol–water partition coefficient (Wildman–Crippen LogP) is 1.93. The maximum atomic E-state index is 4.29. The normalized spacial score (nSPS) is 21.8. The number of nitrogens with one attached hydrogen (secondary N) is 1. The molecule has 0 fully saturated rings. The van der Waals surface area contributed by atoms with Crippen LogP contribution in [0.1, 0.15) is 5.56 Å². The fraction of sp³-hybridized carbons (Fsp3) is 0.125. The quantitative estimate of drug-likeness (QED) is 0.671. The Balaban J connectivity index is 2.22. The van der Waals surface area contributed by atoms with E-state index in [1.54, 1.807) is 24.2 Å². The van der Waals surface area contributed by atoms with E-state index in [4.69, 9.17) is 0 Å². The van der Waals surface area contributed by atoms with Crippen LogP contribution in [0.4, 0.5) is 0 Å². The highest BCUT2D eigenvalue weighted by atomic mass is 32.2. The molecule has 1 aromatic rings. The number of aromatic nitrogens is 1. The average Bonchev–Trinajstić information content (AvgIpc) is 2.54. The van der Waals surface area contributed by atoms with Crippen molar-refractivity contribution in [1.82, 2.24) is 10.3 Å². The maximum Gasteiger partial charge on any atom is 0.121 e. The fourth-order valence-electron chi connectivity index (χ4n) is 1.02. The van der Waals surface area contributed by atoms with Gasteiger partial charge < -0.3 is 5.32 Å². The molecule has 1 aliphatic heterocycles. The third-order valence-electron chi connectivity index (χ3n) is 1.59. The Morgan fingerprint density at radius 3 is 2.75 bits per heavy atom. The zero-order chi connectivity index (χ0) is 8.39. The summed E-state index contributed by atoms with van der Waals surface area (Å²) in [5, 5.41) is 5.31. The molecule has 0 radical (unpaired) electrons. The van der Waals surface area contributed by atoms with E-state index in [0.717, 1.165) is 11.3 Å². The van der Waals surface area contributed by atoms with Crippen LogP contribution in [-0.4, -0.2) is 9.69 Å². The minimum Gasteiger partial charge on any atom is -0.364 e. The molecule has 62 valence electrons.